The van der Waals surface area contributed by atoms with E-state index in [1.807, 2.05) is 0 Å². The van der Waals surface area contributed by atoms with E-state index in [1.165, 1.54) is 0 Å². The maximum Gasteiger partial charge on any atom is 0.316 e. The number of halogens is 1. The number of rotatable bonds is 2. The molecule has 0 saturated carbocycles. The lowest BCUT2D eigenvalue weighted by Crippen LogP contribution is -2.20. The van der Waals surface area contributed by atoms with Crippen LogP contribution in [0.15, 0.2) is 12.4 Å². The lowest BCUT2D eigenvalue weighted by Gasteiger charge is -2.09. The molecule has 4 nitrogen and oxygen atoms in total. The molecule has 0 amide bonds. The topological polar surface area (TPSA) is 47.0 Å². The van der Waals surface area contributed by atoms with Crippen LogP contribution in [0.5, 0.6) is 6.01 Å². The second-order valence-corrected chi connectivity index (χ2v) is 4.16. The Hall–Kier alpha value is -0.430. The van der Waals surface area contributed by atoms with Crippen molar-refractivity contribution in [3.05, 3.63) is 16.0 Å². The highest BCUT2D eigenvalue weighted by Crippen LogP contribution is 2.09. The Balaban J connectivity index is 1.97. The maximum absolute atomic E-state index is 5.54. The van der Waals surface area contributed by atoms with Gasteiger partial charge in [0.05, 0.1) is 0 Å². The first-order valence-electron chi connectivity index (χ1n) is 4.19. The van der Waals surface area contributed by atoms with Gasteiger partial charge < -0.3 is 10.1 Å². The zero-order chi connectivity index (χ0) is 9.10. The van der Waals surface area contributed by atoms with E-state index in [1.54, 1.807) is 12.4 Å². The van der Waals surface area contributed by atoms with Crippen molar-refractivity contribution in [3.8, 4) is 6.01 Å². The molecule has 70 valence electrons. The largest absolute Gasteiger partial charge is 0.459 e. The van der Waals surface area contributed by atoms with E-state index in [4.69, 9.17) is 4.74 Å². The number of hydrogen-bond acceptors (Lipinski definition) is 4. The van der Waals surface area contributed by atoms with Gasteiger partial charge in [0.1, 0.15) is 6.10 Å². The molecule has 2 rings (SSSR count). The molecule has 0 aromatic carbocycles. The Morgan fingerprint density at radius 1 is 1.46 bits per heavy atom. The average molecular weight is 291 g/mol. The van der Waals surface area contributed by atoms with E-state index in [2.05, 4.69) is 37.9 Å². The van der Waals surface area contributed by atoms with Crippen LogP contribution in [0, 0.1) is 3.57 Å². The molecule has 0 aliphatic carbocycles. The summed E-state index contributed by atoms with van der Waals surface area (Å²) in [6.07, 6.45) is 4.78. The van der Waals surface area contributed by atoms with Gasteiger partial charge in [-0.25, -0.2) is 9.97 Å². The predicted octanol–water partition coefficient (Wildman–Crippen LogP) is 0.822. The Labute approximate surface area is 90.2 Å². The zero-order valence-electron chi connectivity index (χ0n) is 7.03. The van der Waals surface area contributed by atoms with Crippen LogP contribution in [0.4, 0.5) is 0 Å². The summed E-state index contributed by atoms with van der Waals surface area (Å²) in [5.74, 6) is 0. The molecule has 5 heteroatoms. The molecule has 1 saturated heterocycles. The van der Waals surface area contributed by atoms with Gasteiger partial charge in [0.15, 0.2) is 0 Å². The monoisotopic (exact) mass is 291 g/mol. The lowest BCUT2D eigenvalue weighted by molar-refractivity contribution is 0.204. The molecule has 1 atom stereocenters. The molecule has 1 aromatic heterocycles. The van der Waals surface area contributed by atoms with Gasteiger partial charge in [-0.2, -0.15) is 0 Å². The molecule has 1 aliphatic heterocycles. The summed E-state index contributed by atoms with van der Waals surface area (Å²) in [5, 5.41) is 3.22. The first-order valence-corrected chi connectivity index (χ1v) is 5.27. The normalized spacial score (nSPS) is 21.8. The molecule has 0 spiro atoms. The maximum atomic E-state index is 5.54. The van der Waals surface area contributed by atoms with Gasteiger partial charge in [-0.1, -0.05) is 0 Å². The number of aromatic nitrogens is 2. The third-order valence-electron chi connectivity index (χ3n) is 1.88. The Morgan fingerprint density at radius 2 is 2.23 bits per heavy atom. The summed E-state index contributed by atoms with van der Waals surface area (Å²) < 4.78 is 6.56. The minimum absolute atomic E-state index is 0.236. The average Bonchev–Trinajstić information content (AvgIpc) is 2.62. The molecule has 1 unspecified atom stereocenters. The van der Waals surface area contributed by atoms with Crippen LogP contribution < -0.4 is 10.1 Å². The van der Waals surface area contributed by atoms with Gasteiger partial charge in [-0.3, -0.25) is 0 Å². The van der Waals surface area contributed by atoms with Crippen molar-refractivity contribution in [3.63, 3.8) is 0 Å². The van der Waals surface area contributed by atoms with Crippen molar-refractivity contribution in [2.24, 2.45) is 0 Å². The van der Waals surface area contributed by atoms with Crippen LogP contribution >= 0.6 is 22.6 Å². The third kappa shape index (κ3) is 2.50. The fraction of sp³-hybridized carbons (Fsp3) is 0.500. The van der Waals surface area contributed by atoms with Crippen molar-refractivity contribution in [2.45, 2.75) is 12.5 Å². The highest BCUT2D eigenvalue weighted by atomic mass is 127. The van der Waals surface area contributed by atoms with Gasteiger partial charge in [-0.15, -0.1) is 0 Å². The van der Waals surface area contributed by atoms with Crippen LogP contribution in [0.1, 0.15) is 6.42 Å². The van der Waals surface area contributed by atoms with E-state index >= 15 is 0 Å². The fourth-order valence-corrected chi connectivity index (χ4v) is 1.52. The summed E-state index contributed by atoms with van der Waals surface area (Å²) in [5.41, 5.74) is 0. The van der Waals surface area contributed by atoms with Gasteiger partial charge in [0.25, 0.3) is 0 Å². The van der Waals surface area contributed by atoms with Crippen molar-refractivity contribution in [1.29, 1.82) is 0 Å². The highest BCUT2D eigenvalue weighted by Gasteiger charge is 2.16. The summed E-state index contributed by atoms with van der Waals surface area (Å²) in [7, 11) is 0. The zero-order valence-corrected chi connectivity index (χ0v) is 9.19. The van der Waals surface area contributed by atoms with Gasteiger partial charge >= 0.3 is 6.01 Å². The Bertz CT molecular complexity index is 271. The second-order valence-electron chi connectivity index (χ2n) is 2.92. The van der Waals surface area contributed by atoms with Crippen LogP contribution in [-0.4, -0.2) is 29.2 Å². The van der Waals surface area contributed by atoms with Gasteiger partial charge in [-0.05, 0) is 35.6 Å². The van der Waals surface area contributed by atoms with Crippen LogP contribution in [0.25, 0.3) is 0 Å². The fourth-order valence-electron chi connectivity index (χ4n) is 1.24. The first kappa shape index (κ1) is 9.14. The van der Waals surface area contributed by atoms with E-state index in [0.717, 1.165) is 23.1 Å². The van der Waals surface area contributed by atoms with Crippen LogP contribution in [-0.2, 0) is 0 Å². The van der Waals surface area contributed by atoms with Crippen LogP contribution in [0.3, 0.4) is 0 Å². The molecule has 0 bridgehead atoms. The summed E-state index contributed by atoms with van der Waals surface area (Å²) >= 11 is 2.17. The third-order valence-corrected chi connectivity index (χ3v) is 2.44. The minimum atomic E-state index is 0.236. The molecule has 1 N–H and O–H groups in total. The molecule has 1 aliphatic rings. The number of nitrogens with one attached hydrogen (secondary N) is 1. The predicted molar refractivity (Wildman–Crippen MR) is 56.7 cm³/mol. The molecular weight excluding hydrogens is 281 g/mol. The quantitative estimate of drug-likeness (QED) is 0.820. The van der Waals surface area contributed by atoms with Gasteiger partial charge in [0.2, 0.25) is 0 Å². The second kappa shape index (κ2) is 4.19. The summed E-state index contributed by atoms with van der Waals surface area (Å²) in [4.78, 5) is 8.15. The first-order chi connectivity index (χ1) is 6.34. The molecule has 13 heavy (non-hydrogen) atoms. The standard InChI is InChI=1S/C8H10IN3O/c9-6-3-11-8(12-4-6)13-7-1-2-10-5-7/h3-4,7,10H,1-2,5H2. The van der Waals surface area contributed by atoms with E-state index in [-0.39, 0.29) is 6.10 Å². The molecular formula is C8H10IN3O. The molecule has 2 heterocycles. The van der Waals surface area contributed by atoms with E-state index in [9.17, 15) is 0 Å². The van der Waals surface area contributed by atoms with E-state index < -0.39 is 0 Å². The smallest absolute Gasteiger partial charge is 0.316 e. The lowest BCUT2D eigenvalue weighted by atomic mass is 10.3. The van der Waals surface area contributed by atoms with Crippen molar-refractivity contribution in [1.82, 2.24) is 15.3 Å². The minimum Gasteiger partial charge on any atom is -0.459 e. The Morgan fingerprint density at radius 3 is 2.85 bits per heavy atom. The number of nitrogens with zero attached hydrogens (tertiary/aromatic N) is 2. The number of ether oxygens (including phenoxy) is 1. The van der Waals surface area contributed by atoms with Gasteiger partial charge in [0, 0.05) is 22.5 Å². The van der Waals surface area contributed by atoms with E-state index in [0.29, 0.717) is 6.01 Å². The molecule has 1 fully saturated rings. The molecule has 1 aromatic rings. The van der Waals surface area contributed by atoms with Crippen molar-refractivity contribution in [2.75, 3.05) is 13.1 Å². The van der Waals surface area contributed by atoms with Crippen molar-refractivity contribution < 1.29 is 4.74 Å². The number of hydrogen-bond donors (Lipinski definition) is 1. The Kier molecular flexibility index (Phi) is 2.94. The molecule has 0 radical (unpaired) electrons. The summed E-state index contributed by atoms with van der Waals surface area (Å²) in [6, 6.07) is 0.481. The van der Waals surface area contributed by atoms with Crippen LogP contribution in [0.2, 0.25) is 0 Å². The highest BCUT2D eigenvalue weighted by molar-refractivity contribution is 14.1. The van der Waals surface area contributed by atoms with Crippen molar-refractivity contribution >= 4 is 22.6 Å². The SMILES string of the molecule is Ic1cnc(OC2CCNC2)nc1. The summed E-state index contributed by atoms with van der Waals surface area (Å²) in [6.45, 7) is 1.92.